The van der Waals surface area contributed by atoms with Gasteiger partial charge in [-0.25, -0.2) is 9.78 Å². The lowest BCUT2D eigenvalue weighted by molar-refractivity contribution is 0.102. The summed E-state index contributed by atoms with van der Waals surface area (Å²) < 4.78 is 2.58. The highest BCUT2D eigenvalue weighted by Gasteiger charge is 2.20. The maximum absolute atomic E-state index is 12.8. The Morgan fingerprint density at radius 1 is 1.27 bits per heavy atom. The van der Waals surface area contributed by atoms with Gasteiger partial charge in [0.15, 0.2) is 10.9 Å². The Balaban J connectivity index is 1.98. The molecule has 0 aliphatic carbocycles. The number of nitrogens with two attached hydrogens (primary N) is 1. The number of thioether (sulfide) groups is 1. The number of rotatable bonds is 8. The summed E-state index contributed by atoms with van der Waals surface area (Å²) in [7, 11) is 0. The Labute approximate surface area is 175 Å². The van der Waals surface area contributed by atoms with Gasteiger partial charge in [0.05, 0.1) is 16.7 Å². The molecule has 0 saturated carbocycles. The van der Waals surface area contributed by atoms with Crippen LogP contribution in [0.4, 0.5) is 5.82 Å². The molecule has 0 spiro atoms. The van der Waals surface area contributed by atoms with Crippen molar-refractivity contribution in [3.8, 4) is 0 Å². The zero-order chi connectivity index (χ0) is 21.8. The molecule has 0 unspecified atom stereocenters. The number of carbonyl (C=O) groups is 1. The van der Waals surface area contributed by atoms with E-state index in [9.17, 15) is 19.2 Å². The largest absolute Gasteiger partial charge is 0.384 e. The molecule has 2 aromatic heterocycles. The average molecular weight is 427 g/mol. The van der Waals surface area contributed by atoms with E-state index >= 15 is 0 Å². The van der Waals surface area contributed by atoms with E-state index in [1.54, 1.807) is 30.3 Å². The minimum Gasteiger partial charge on any atom is -0.384 e. The quantitative estimate of drug-likeness (QED) is 0.240. The fraction of sp³-hybridized carbons (Fsp3) is 0.250. The summed E-state index contributed by atoms with van der Waals surface area (Å²) in [5, 5.41) is 0.784. The van der Waals surface area contributed by atoms with Crippen LogP contribution < -0.4 is 22.5 Å². The number of H-pyrrole nitrogens is 1. The van der Waals surface area contributed by atoms with Crippen LogP contribution in [0.5, 0.6) is 0 Å². The fourth-order valence-electron chi connectivity index (χ4n) is 3.05. The van der Waals surface area contributed by atoms with Crippen LogP contribution in [-0.2, 0) is 13.1 Å². The minimum atomic E-state index is -0.828. The molecule has 3 N–H and O–H groups in total. The molecule has 30 heavy (non-hydrogen) atoms. The standard InChI is InChI=1S/C20H21N5O4S/c1-3-9-24-16(21)15(17(27)23-19(24)29)14(26)11-30-20-22-13-8-6-5-7-12(13)18(28)25(20)10-4-2/h4-8H,2-3,9-11,21H2,1H3,(H,23,27,29). The molecule has 1 aromatic carbocycles. The Morgan fingerprint density at radius 2 is 2.00 bits per heavy atom. The number of hydrogen-bond acceptors (Lipinski definition) is 7. The number of para-hydroxylation sites is 1. The molecule has 0 aliphatic rings. The van der Waals surface area contributed by atoms with Crippen molar-refractivity contribution < 1.29 is 4.79 Å². The lowest BCUT2D eigenvalue weighted by atomic mass is 10.2. The van der Waals surface area contributed by atoms with Crippen molar-refractivity contribution in [1.82, 2.24) is 19.1 Å². The Bertz CT molecular complexity index is 1310. The van der Waals surface area contributed by atoms with E-state index < -0.39 is 17.0 Å². The number of carbonyl (C=O) groups excluding carboxylic acids is 1. The normalized spacial score (nSPS) is 11.0. The van der Waals surface area contributed by atoms with Gasteiger partial charge in [0.25, 0.3) is 11.1 Å². The number of nitrogens with one attached hydrogen (secondary N) is 1. The molecule has 0 fully saturated rings. The van der Waals surface area contributed by atoms with Crippen molar-refractivity contribution in [3.63, 3.8) is 0 Å². The van der Waals surface area contributed by atoms with Gasteiger partial charge in [0.1, 0.15) is 11.4 Å². The highest BCUT2D eigenvalue weighted by molar-refractivity contribution is 7.99. The second-order valence-corrected chi connectivity index (χ2v) is 7.44. The highest BCUT2D eigenvalue weighted by atomic mass is 32.2. The predicted molar refractivity (Wildman–Crippen MR) is 117 cm³/mol. The monoisotopic (exact) mass is 427 g/mol. The van der Waals surface area contributed by atoms with Crippen molar-refractivity contribution in [3.05, 3.63) is 73.7 Å². The number of aromatic amines is 1. The van der Waals surface area contributed by atoms with Gasteiger partial charge in [-0.1, -0.05) is 36.9 Å². The summed E-state index contributed by atoms with van der Waals surface area (Å²) in [6.45, 7) is 6.00. The molecule has 10 heteroatoms. The number of ketones is 1. The van der Waals surface area contributed by atoms with Crippen LogP contribution >= 0.6 is 11.8 Å². The number of aromatic nitrogens is 4. The molecular weight excluding hydrogens is 406 g/mol. The van der Waals surface area contributed by atoms with Gasteiger partial charge in [-0.15, -0.1) is 6.58 Å². The third-order valence-corrected chi connectivity index (χ3v) is 5.41. The van der Waals surface area contributed by atoms with Gasteiger partial charge in [-0.3, -0.25) is 28.5 Å². The van der Waals surface area contributed by atoms with Crippen LogP contribution in [0, 0.1) is 0 Å². The molecule has 0 bridgehead atoms. The first-order valence-electron chi connectivity index (χ1n) is 9.28. The molecule has 2 heterocycles. The Morgan fingerprint density at radius 3 is 2.70 bits per heavy atom. The van der Waals surface area contributed by atoms with E-state index in [4.69, 9.17) is 5.73 Å². The number of nitrogens with zero attached hydrogens (tertiary/aromatic N) is 3. The maximum Gasteiger partial charge on any atom is 0.329 e. The molecule has 3 rings (SSSR count). The lowest BCUT2D eigenvalue weighted by Crippen LogP contribution is -2.36. The third-order valence-electron chi connectivity index (χ3n) is 4.44. The van der Waals surface area contributed by atoms with Crippen molar-refractivity contribution in [2.24, 2.45) is 0 Å². The smallest absolute Gasteiger partial charge is 0.329 e. The van der Waals surface area contributed by atoms with E-state index in [-0.39, 0.29) is 35.8 Å². The zero-order valence-electron chi connectivity index (χ0n) is 16.4. The van der Waals surface area contributed by atoms with E-state index in [2.05, 4.69) is 16.5 Å². The van der Waals surface area contributed by atoms with Crippen LogP contribution in [0.1, 0.15) is 23.7 Å². The molecule has 0 amide bonds. The number of Topliss-reactive ketones (excluding diaryl/α,β-unsaturated/α-hetero) is 1. The van der Waals surface area contributed by atoms with Gasteiger partial charge in [-0.05, 0) is 18.6 Å². The first kappa shape index (κ1) is 21.3. The van der Waals surface area contributed by atoms with Crippen LogP contribution in [0.3, 0.4) is 0 Å². The van der Waals surface area contributed by atoms with Crippen molar-refractivity contribution in [1.29, 1.82) is 0 Å². The third kappa shape index (κ3) is 3.99. The summed E-state index contributed by atoms with van der Waals surface area (Å²) in [4.78, 5) is 56.3. The van der Waals surface area contributed by atoms with E-state index in [1.807, 2.05) is 6.92 Å². The van der Waals surface area contributed by atoms with E-state index in [1.165, 1.54) is 9.13 Å². The van der Waals surface area contributed by atoms with E-state index in [0.717, 1.165) is 11.8 Å². The molecule has 0 aliphatic heterocycles. The molecule has 9 nitrogen and oxygen atoms in total. The fourth-order valence-corrected chi connectivity index (χ4v) is 3.93. The maximum atomic E-state index is 12.8. The molecule has 3 aromatic rings. The zero-order valence-corrected chi connectivity index (χ0v) is 17.2. The lowest BCUT2D eigenvalue weighted by Gasteiger charge is -2.12. The molecule has 0 radical (unpaired) electrons. The summed E-state index contributed by atoms with van der Waals surface area (Å²) in [5.74, 6) is -0.901. The summed E-state index contributed by atoms with van der Waals surface area (Å²) >= 11 is 1.02. The average Bonchev–Trinajstić information content (AvgIpc) is 2.72. The van der Waals surface area contributed by atoms with Crippen molar-refractivity contribution >= 4 is 34.3 Å². The number of fused-ring (bicyclic) bond motifs is 1. The van der Waals surface area contributed by atoms with Crippen molar-refractivity contribution in [2.45, 2.75) is 31.6 Å². The van der Waals surface area contributed by atoms with E-state index in [0.29, 0.717) is 22.5 Å². The number of benzene rings is 1. The van der Waals surface area contributed by atoms with Crippen LogP contribution in [0.2, 0.25) is 0 Å². The SMILES string of the molecule is C=CCn1c(SCC(=O)c2c(N)n(CCC)c(=O)[nH]c2=O)nc2ccccc2c1=O. The van der Waals surface area contributed by atoms with Gasteiger partial charge in [0, 0.05) is 13.1 Å². The topological polar surface area (TPSA) is 133 Å². The van der Waals surface area contributed by atoms with Crippen LogP contribution in [-0.4, -0.2) is 30.6 Å². The number of nitrogen functional groups attached to an aromatic ring is 1. The molecular formula is C20H21N5O4S. The van der Waals surface area contributed by atoms with Gasteiger partial charge < -0.3 is 5.73 Å². The predicted octanol–water partition coefficient (Wildman–Crippen LogP) is 1.40. The van der Waals surface area contributed by atoms with Crippen molar-refractivity contribution in [2.75, 3.05) is 11.5 Å². The summed E-state index contributed by atoms with van der Waals surface area (Å²) in [6.07, 6.45) is 2.17. The summed E-state index contributed by atoms with van der Waals surface area (Å²) in [6, 6.07) is 6.91. The number of hydrogen-bond donors (Lipinski definition) is 2. The first-order chi connectivity index (χ1) is 14.4. The minimum absolute atomic E-state index is 0.161. The van der Waals surface area contributed by atoms with Gasteiger partial charge in [-0.2, -0.15) is 0 Å². The second kappa shape index (κ2) is 8.95. The summed E-state index contributed by atoms with van der Waals surface area (Å²) in [5.41, 5.74) is 4.45. The first-order valence-corrected chi connectivity index (χ1v) is 10.3. The van der Waals surface area contributed by atoms with Gasteiger partial charge in [0.2, 0.25) is 0 Å². The molecule has 0 saturated heterocycles. The Hall–Kier alpha value is -3.40. The van der Waals surface area contributed by atoms with Crippen LogP contribution in [0.15, 0.2) is 56.5 Å². The highest BCUT2D eigenvalue weighted by Crippen LogP contribution is 2.19. The van der Waals surface area contributed by atoms with Gasteiger partial charge >= 0.3 is 5.69 Å². The second-order valence-electron chi connectivity index (χ2n) is 6.50. The number of anilines is 1. The number of allylic oxidation sites excluding steroid dienone is 1. The molecule has 0 atom stereocenters. The van der Waals surface area contributed by atoms with Crippen LogP contribution in [0.25, 0.3) is 10.9 Å². The molecule has 156 valence electrons. The Kier molecular flexibility index (Phi) is 6.36.